The van der Waals surface area contributed by atoms with Crippen LogP contribution in [0.1, 0.15) is 35.0 Å². The third-order valence-electron chi connectivity index (χ3n) is 3.03. The molecule has 0 atom stereocenters. The standard InChI is InChI=1S/C14H19N3O3S/c1-3-6-20-7-4-5-15-12-10-9(2)11(14(18)19)21-13(10)17-8-16-12/h8H,3-7H2,1-2H3,(H,18,19)(H,15,16,17). The van der Waals surface area contributed by atoms with Gasteiger partial charge >= 0.3 is 5.97 Å². The van der Waals surface area contributed by atoms with Gasteiger partial charge in [-0.15, -0.1) is 11.3 Å². The molecule has 0 fully saturated rings. The van der Waals surface area contributed by atoms with Crippen LogP contribution in [-0.2, 0) is 4.74 Å². The number of carbonyl (C=O) groups is 1. The van der Waals surface area contributed by atoms with Gasteiger partial charge in [-0.05, 0) is 25.3 Å². The second kappa shape index (κ2) is 7.33. The zero-order valence-corrected chi connectivity index (χ0v) is 13.0. The van der Waals surface area contributed by atoms with Crippen LogP contribution in [0.3, 0.4) is 0 Å². The van der Waals surface area contributed by atoms with Crippen LogP contribution in [-0.4, -0.2) is 40.8 Å². The molecule has 6 nitrogen and oxygen atoms in total. The highest BCUT2D eigenvalue weighted by atomic mass is 32.1. The van der Waals surface area contributed by atoms with Gasteiger partial charge in [0.2, 0.25) is 0 Å². The zero-order chi connectivity index (χ0) is 15.2. The second-order valence-electron chi connectivity index (χ2n) is 4.66. The molecule has 0 aliphatic heterocycles. The van der Waals surface area contributed by atoms with E-state index < -0.39 is 5.97 Å². The Labute approximate surface area is 127 Å². The van der Waals surface area contributed by atoms with E-state index in [9.17, 15) is 9.90 Å². The Bertz CT molecular complexity index is 627. The fourth-order valence-corrected chi connectivity index (χ4v) is 3.02. The number of fused-ring (bicyclic) bond motifs is 1. The van der Waals surface area contributed by atoms with Gasteiger partial charge in [-0.25, -0.2) is 14.8 Å². The SMILES string of the molecule is CCCOCCCNc1ncnc2sc(C(=O)O)c(C)c12. The van der Waals surface area contributed by atoms with Gasteiger partial charge in [0.25, 0.3) is 0 Å². The van der Waals surface area contributed by atoms with Crippen molar-refractivity contribution in [1.82, 2.24) is 9.97 Å². The van der Waals surface area contributed by atoms with E-state index in [1.807, 2.05) is 0 Å². The number of hydrogen-bond donors (Lipinski definition) is 2. The number of rotatable bonds is 8. The lowest BCUT2D eigenvalue weighted by Gasteiger charge is -2.07. The molecule has 114 valence electrons. The molecule has 0 amide bonds. The first kappa shape index (κ1) is 15.7. The lowest BCUT2D eigenvalue weighted by molar-refractivity contribution is 0.0701. The molecule has 0 spiro atoms. The van der Waals surface area contributed by atoms with E-state index in [1.165, 1.54) is 17.7 Å². The van der Waals surface area contributed by atoms with Crippen molar-refractivity contribution < 1.29 is 14.6 Å². The van der Waals surface area contributed by atoms with Gasteiger partial charge in [-0.3, -0.25) is 0 Å². The minimum absolute atomic E-state index is 0.319. The van der Waals surface area contributed by atoms with Crippen LogP contribution < -0.4 is 5.32 Å². The number of thiophene rings is 1. The van der Waals surface area contributed by atoms with E-state index >= 15 is 0 Å². The van der Waals surface area contributed by atoms with Crippen LogP contribution in [0.15, 0.2) is 6.33 Å². The Morgan fingerprint density at radius 1 is 1.43 bits per heavy atom. The van der Waals surface area contributed by atoms with Crippen LogP contribution in [0.5, 0.6) is 0 Å². The Kier molecular flexibility index (Phi) is 5.46. The molecule has 21 heavy (non-hydrogen) atoms. The van der Waals surface area contributed by atoms with Gasteiger partial charge in [-0.2, -0.15) is 0 Å². The number of anilines is 1. The highest BCUT2D eigenvalue weighted by Crippen LogP contribution is 2.33. The third kappa shape index (κ3) is 3.68. The first-order chi connectivity index (χ1) is 10.1. The van der Waals surface area contributed by atoms with Crippen LogP contribution in [0, 0.1) is 6.92 Å². The number of nitrogens with one attached hydrogen (secondary N) is 1. The Morgan fingerprint density at radius 3 is 2.95 bits per heavy atom. The molecule has 0 unspecified atom stereocenters. The molecular formula is C14H19N3O3S. The van der Waals surface area contributed by atoms with Crippen molar-refractivity contribution in [2.24, 2.45) is 0 Å². The fraction of sp³-hybridized carbons (Fsp3) is 0.500. The third-order valence-corrected chi connectivity index (χ3v) is 4.22. The first-order valence-electron chi connectivity index (χ1n) is 6.94. The number of carboxylic acid groups (broad SMARTS) is 1. The largest absolute Gasteiger partial charge is 0.477 e. The van der Waals surface area contributed by atoms with Crippen LogP contribution in [0.25, 0.3) is 10.2 Å². The second-order valence-corrected chi connectivity index (χ2v) is 5.66. The minimum atomic E-state index is -0.922. The van der Waals surface area contributed by atoms with Gasteiger partial charge in [0.05, 0.1) is 5.39 Å². The summed E-state index contributed by atoms with van der Waals surface area (Å²) in [4.78, 5) is 20.6. The molecule has 2 rings (SSSR count). The summed E-state index contributed by atoms with van der Waals surface area (Å²) in [5.74, 6) is -0.230. The van der Waals surface area contributed by atoms with Crippen LogP contribution in [0.2, 0.25) is 0 Å². The smallest absolute Gasteiger partial charge is 0.346 e. The molecule has 0 saturated carbocycles. The van der Waals surface area contributed by atoms with Crippen LogP contribution in [0.4, 0.5) is 5.82 Å². The molecule has 0 saturated heterocycles. The van der Waals surface area contributed by atoms with Crippen molar-refractivity contribution in [3.05, 3.63) is 16.8 Å². The lowest BCUT2D eigenvalue weighted by atomic mass is 10.2. The summed E-state index contributed by atoms with van der Waals surface area (Å²) in [5, 5.41) is 13.2. The normalized spacial score (nSPS) is 11.0. The molecule has 0 radical (unpaired) electrons. The van der Waals surface area contributed by atoms with Crippen molar-refractivity contribution in [2.75, 3.05) is 25.1 Å². The fourth-order valence-electron chi connectivity index (χ4n) is 2.04. The number of carboxylic acids is 1. The zero-order valence-electron chi connectivity index (χ0n) is 12.2. The van der Waals surface area contributed by atoms with Crippen molar-refractivity contribution in [1.29, 1.82) is 0 Å². The number of aromatic carboxylic acids is 1. The van der Waals surface area contributed by atoms with E-state index in [4.69, 9.17) is 4.74 Å². The van der Waals surface area contributed by atoms with Crippen molar-refractivity contribution in [3.63, 3.8) is 0 Å². The Morgan fingerprint density at radius 2 is 2.24 bits per heavy atom. The topological polar surface area (TPSA) is 84.3 Å². The average molecular weight is 309 g/mol. The number of hydrogen-bond acceptors (Lipinski definition) is 6. The molecular weight excluding hydrogens is 290 g/mol. The average Bonchev–Trinajstić information content (AvgIpc) is 2.81. The van der Waals surface area contributed by atoms with Gasteiger partial charge in [0.15, 0.2) is 0 Å². The van der Waals surface area contributed by atoms with Gasteiger partial charge in [0, 0.05) is 19.8 Å². The summed E-state index contributed by atoms with van der Waals surface area (Å²) in [5.41, 5.74) is 0.716. The van der Waals surface area contributed by atoms with Crippen molar-refractivity contribution in [2.45, 2.75) is 26.7 Å². The maximum Gasteiger partial charge on any atom is 0.346 e. The maximum atomic E-state index is 11.2. The molecule has 2 N–H and O–H groups in total. The summed E-state index contributed by atoms with van der Waals surface area (Å²) in [7, 11) is 0. The van der Waals surface area contributed by atoms with E-state index in [2.05, 4.69) is 22.2 Å². The molecule has 2 aromatic rings. The first-order valence-corrected chi connectivity index (χ1v) is 7.75. The number of aryl methyl sites for hydroxylation is 1. The molecule has 0 bridgehead atoms. The van der Waals surface area contributed by atoms with E-state index in [0.717, 1.165) is 31.4 Å². The number of nitrogens with zero attached hydrogens (tertiary/aromatic N) is 2. The maximum absolute atomic E-state index is 11.2. The summed E-state index contributed by atoms with van der Waals surface area (Å²) in [6, 6.07) is 0. The highest BCUT2D eigenvalue weighted by molar-refractivity contribution is 7.20. The number of aromatic nitrogens is 2. The van der Waals surface area contributed by atoms with Crippen molar-refractivity contribution in [3.8, 4) is 0 Å². The summed E-state index contributed by atoms with van der Waals surface area (Å²) in [6.07, 6.45) is 3.35. The highest BCUT2D eigenvalue weighted by Gasteiger charge is 2.18. The van der Waals surface area contributed by atoms with Gasteiger partial charge in [0.1, 0.15) is 21.9 Å². The van der Waals surface area contributed by atoms with E-state index in [1.54, 1.807) is 6.92 Å². The lowest BCUT2D eigenvalue weighted by Crippen LogP contribution is -2.08. The molecule has 0 aliphatic rings. The van der Waals surface area contributed by atoms with Crippen molar-refractivity contribution >= 4 is 33.3 Å². The molecule has 2 heterocycles. The predicted molar refractivity (Wildman–Crippen MR) is 83.3 cm³/mol. The molecule has 2 aromatic heterocycles. The predicted octanol–water partition coefficient (Wildman–Crippen LogP) is 2.93. The molecule has 7 heteroatoms. The molecule has 0 aromatic carbocycles. The Balaban J connectivity index is 2.08. The van der Waals surface area contributed by atoms with Gasteiger partial charge < -0.3 is 15.2 Å². The van der Waals surface area contributed by atoms with Gasteiger partial charge in [-0.1, -0.05) is 6.92 Å². The Hall–Kier alpha value is -1.73. The monoisotopic (exact) mass is 309 g/mol. The number of ether oxygens (including phenoxy) is 1. The quantitative estimate of drug-likeness (QED) is 0.729. The van der Waals surface area contributed by atoms with E-state index in [-0.39, 0.29) is 0 Å². The van der Waals surface area contributed by atoms with Crippen LogP contribution >= 0.6 is 11.3 Å². The van der Waals surface area contributed by atoms with E-state index in [0.29, 0.717) is 27.7 Å². The summed E-state index contributed by atoms with van der Waals surface area (Å²) >= 11 is 1.18. The summed E-state index contributed by atoms with van der Waals surface area (Å²) in [6.45, 7) is 6.09. The minimum Gasteiger partial charge on any atom is -0.477 e. The molecule has 0 aliphatic carbocycles. The summed E-state index contributed by atoms with van der Waals surface area (Å²) < 4.78 is 5.42.